The number of rotatable bonds is 36. The summed E-state index contributed by atoms with van der Waals surface area (Å²) >= 11 is 0. The van der Waals surface area contributed by atoms with Crippen LogP contribution in [0.3, 0.4) is 0 Å². The summed E-state index contributed by atoms with van der Waals surface area (Å²) in [5.74, 6) is -2.10. The Labute approximate surface area is 410 Å². The van der Waals surface area contributed by atoms with Crippen LogP contribution in [0.1, 0.15) is 151 Å². The third kappa shape index (κ3) is 22.3. The van der Waals surface area contributed by atoms with Gasteiger partial charge in [-0.15, -0.1) is 0 Å². The minimum atomic E-state index is -0.741. The van der Waals surface area contributed by atoms with Crippen molar-refractivity contribution >= 4 is 35.8 Å². The SMILES string of the molecule is C=CC(=O)OCCCCCCOc1ccc(C(=O)Oc2ccc(OC(=O)c3ccc(OCCCCCCOC(=O)C=C)cc3)c(C(=O)OCCCCCCCCCCCOC(=O)c3ccco3)c2)cc1. The molecule has 0 aliphatic rings. The van der Waals surface area contributed by atoms with Gasteiger partial charge in [0, 0.05) is 12.2 Å². The maximum atomic E-state index is 13.5. The number of hydrogen-bond donors (Lipinski definition) is 0. The predicted molar refractivity (Wildman–Crippen MR) is 260 cm³/mol. The van der Waals surface area contributed by atoms with E-state index in [4.69, 9.17) is 42.3 Å². The summed E-state index contributed by atoms with van der Waals surface area (Å²) in [7, 11) is 0. The van der Waals surface area contributed by atoms with Gasteiger partial charge in [0.2, 0.25) is 5.76 Å². The Morgan fingerprint density at radius 1 is 0.414 bits per heavy atom. The van der Waals surface area contributed by atoms with E-state index in [-0.39, 0.29) is 40.6 Å². The largest absolute Gasteiger partial charge is 0.494 e. The molecule has 0 bridgehead atoms. The number of hydrogen-bond acceptors (Lipinski definition) is 15. The lowest BCUT2D eigenvalue weighted by atomic mass is 10.1. The van der Waals surface area contributed by atoms with Gasteiger partial charge in [-0.2, -0.15) is 0 Å². The second-order valence-corrected chi connectivity index (χ2v) is 16.2. The number of benzene rings is 3. The number of carbonyl (C=O) groups excluding carboxylic acids is 6. The van der Waals surface area contributed by atoms with Crippen molar-refractivity contribution in [2.45, 2.75) is 109 Å². The highest BCUT2D eigenvalue weighted by atomic mass is 16.6. The molecule has 0 unspecified atom stereocenters. The van der Waals surface area contributed by atoms with E-state index < -0.39 is 35.8 Å². The zero-order chi connectivity index (χ0) is 50.0. The third-order valence-corrected chi connectivity index (χ3v) is 10.7. The van der Waals surface area contributed by atoms with Gasteiger partial charge in [0.1, 0.15) is 28.6 Å². The summed E-state index contributed by atoms with van der Waals surface area (Å²) in [5, 5.41) is 0. The summed E-state index contributed by atoms with van der Waals surface area (Å²) in [5.41, 5.74) is 0.385. The molecular formula is C55H66O15. The Balaban J connectivity index is 1.24. The number of unbranched alkanes of at least 4 members (excludes halogenated alkanes) is 14. The fraction of sp³-hybridized carbons (Fsp3) is 0.418. The van der Waals surface area contributed by atoms with E-state index in [1.807, 2.05) is 0 Å². The molecule has 376 valence electrons. The van der Waals surface area contributed by atoms with Crippen molar-refractivity contribution in [3.05, 3.63) is 133 Å². The van der Waals surface area contributed by atoms with Gasteiger partial charge in [-0.3, -0.25) is 0 Å². The van der Waals surface area contributed by atoms with E-state index in [1.54, 1.807) is 60.7 Å². The topological polar surface area (TPSA) is 189 Å². The van der Waals surface area contributed by atoms with E-state index in [1.165, 1.54) is 24.5 Å². The van der Waals surface area contributed by atoms with Gasteiger partial charge < -0.3 is 42.3 Å². The molecule has 1 heterocycles. The maximum absolute atomic E-state index is 13.5. The molecule has 0 spiro atoms. The monoisotopic (exact) mass is 966 g/mol. The summed E-state index contributed by atoms with van der Waals surface area (Å²) in [6.07, 6.45) is 18.8. The molecule has 0 fully saturated rings. The van der Waals surface area contributed by atoms with E-state index in [2.05, 4.69) is 13.2 Å². The van der Waals surface area contributed by atoms with Crippen molar-refractivity contribution in [1.82, 2.24) is 0 Å². The van der Waals surface area contributed by atoms with Crippen LogP contribution >= 0.6 is 0 Å². The van der Waals surface area contributed by atoms with Gasteiger partial charge in [0.15, 0.2) is 0 Å². The Morgan fingerprint density at radius 3 is 1.26 bits per heavy atom. The van der Waals surface area contributed by atoms with E-state index in [0.717, 1.165) is 115 Å². The van der Waals surface area contributed by atoms with Crippen LogP contribution in [0.25, 0.3) is 0 Å². The Kier molecular flexibility index (Phi) is 26.4. The molecule has 0 amide bonds. The molecule has 3 aromatic carbocycles. The quantitative estimate of drug-likeness (QED) is 0.0137. The number of esters is 6. The van der Waals surface area contributed by atoms with Gasteiger partial charge in [-0.05, 0) is 143 Å². The lowest BCUT2D eigenvalue weighted by Gasteiger charge is -2.13. The molecule has 0 radical (unpaired) electrons. The summed E-state index contributed by atoms with van der Waals surface area (Å²) < 4.78 is 48.8. The third-order valence-electron chi connectivity index (χ3n) is 10.7. The fourth-order valence-corrected chi connectivity index (χ4v) is 6.79. The van der Waals surface area contributed by atoms with Gasteiger partial charge >= 0.3 is 35.8 Å². The highest BCUT2D eigenvalue weighted by molar-refractivity contribution is 5.97. The van der Waals surface area contributed by atoms with Gasteiger partial charge in [-0.25, -0.2) is 28.8 Å². The van der Waals surface area contributed by atoms with Crippen molar-refractivity contribution in [3.63, 3.8) is 0 Å². The Morgan fingerprint density at radius 2 is 0.814 bits per heavy atom. The van der Waals surface area contributed by atoms with Crippen LogP contribution in [0.2, 0.25) is 0 Å². The molecule has 15 nitrogen and oxygen atoms in total. The minimum Gasteiger partial charge on any atom is -0.494 e. The first-order valence-corrected chi connectivity index (χ1v) is 24.2. The summed E-state index contributed by atoms with van der Waals surface area (Å²) in [4.78, 5) is 74.2. The molecule has 0 saturated heterocycles. The number of carbonyl (C=O) groups is 6. The highest BCUT2D eigenvalue weighted by Gasteiger charge is 2.21. The van der Waals surface area contributed by atoms with Crippen LogP contribution in [0.15, 0.2) is 115 Å². The van der Waals surface area contributed by atoms with Crippen LogP contribution in [0.5, 0.6) is 23.0 Å². The first-order valence-electron chi connectivity index (χ1n) is 24.2. The summed E-state index contributed by atoms with van der Waals surface area (Å²) in [6, 6.07) is 20.3. The zero-order valence-corrected chi connectivity index (χ0v) is 40.0. The molecule has 1 aromatic heterocycles. The molecule has 70 heavy (non-hydrogen) atoms. The molecule has 0 atom stereocenters. The second-order valence-electron chi connectivity index (χ2n) is 16.2. The molecular weight excluding hydrogens is 901 g/mol. The van der Waals surface area contributed by atoms with Crippen LogP contribution < -0.4 is 18.9 Å². The van der Waals surface area contributed by atoms with Gasteiger partial charge in [-0.1, -0.05) is 58.1 Å². The smallest absolute Gasteiger partial charge is 0.374 e. The first kappa shape index (κ1) is 55.4. The molecule has 0 saturated carbocycles. The predicted octanol–water partition coefficient (Wildman–Crippen LogP) is 11.6. The van der Waals surface area contributed by atoms with Crippen molar-refractivity contribution in [3.8, 4) is 23.0 Å². The van der Waals surface area contributed by atoms with Crippen LogP contribution in [0.4, 0.5) is 0 Å². The Bertz CT molecular complexity index is 2210. The van der Waals surface area contributed by atoms with E-state index in [9.17, 15) is 28.8 Å². The average Bonchev–Trinajstić information content (AvgIpc) is 3.93. The van der Waals surface area contributed by atoms with E-state index >= 15 is 0 Å². The van der Waals surface area contributed by atoms with Crippen LogP contribution in [0, 0.1) is 0 Å². The number of ether oxygens (including phenoxy) is 8. The lowest BCUT2D eigenvalue weighted by molar-refractivity contribution is -0.138. The molecule has 0 aliphatic carbocycles. The van der Waals surface area contributed by atoms with Gasteiger partial charge in [0.05, 0.1) is 57.0 Å². The number of furan rings is 1. The fourth-order valence-electron chi connectivity index (χ4n) is 6.79. The van der Waals surface area contributed by atoms with Crippen LogP contribution in [-0.4, -0.2) is 75.5 Å². The average molecular weight is 967 g/mol. The lowest BCUT2D eigenvalue weighted by Crippen LogP contribution is -2.14. The Hall–Kier alpha value is -7.16. The van der Waals surface area contributed by atoms with Crippen molar-refractivity contribution in [2.24, 2.45) is 0 Å². The molecule has 4 rings (SSSR count). The first-order chi connectivity index (χ1) is 34.2. The minimum absolute atomic E-state index is 0.0452. The zero-order valence-electron chi connectivity index (χ0n) is 40.0. The standard InChI is InChI=1S/C55H66O15/c1-3-50(56)65-36-18-14-12-16-34-62-44-28-24-42(25-29-44)52(58)69-46-32-33-48(70-53(59)43-26-30-45(31-27-43)63-35-17-13-15-19-37-66-51(57)4-2)47(41-46)54(60)67-38-20-10-8-6-5-7-9-11-21-39-68-55(61)49-23-22-40-64-49/h3-4,22-33,40-41H,1-2,5-21,34-39H2. The maximum Gasteiger partial charge on any atom is 0.374 e. The highest BCUT2D eigenvalue weighted by Crippen LogP contribution is 2.28. The normalized spacial score (nSPS) is 10.6. The van der Waals surface area contributed by atoms with Crippen molar-refractivity contribution < 1.29 is 71.1 Å². The summed E-state index contributed by atoms with van der Waals surface area (Å²) in [6.45, 7) is 8.90. The second kappa shape index (κ2) is 33.4. The van der Waals surface area contributed by atoms with Gasteiger partial charge in [0.25, 0.3) is 0 Å². The molecule has 15 heteroatoms. The van der Waals surface area contributed by atoms with Crippen molar-refractivity contribution in [2.75, 3.05) is 39.6 Å². The molecule has 4 aromatic rings. The van der Waals surface area contributed by atoms with Crippen LogP contribution in [-0.2, 0) is 28.5 Å². The molecule has 0 N–H and O–H groups in total. The van der Waals surface area contributed by atoms with Crippen molar-refractivity contribution in [1.29, 1.82) is 0 Å². The molecule has 0 aliphatic heterocycles. The van der Waals surface area contributed by atoms with E-state index in [0.29, 0.717) is 51.0 Å².